The first-order valence-corrected chi connectivity index (χ1v) is 6.59. The van der Waals surface area contributed by atoms with E-state index in [1.54, 1.807) is 12.3 Å². The number of nitrogens with one attached hydrogen (secondary N) is 1. The third kappa shape index (κ3) is 3.17. The van der Waals surface area contributed by atoms with Gasteiger partial charge in [-0.25, -0.2) is 8.78 Å². The maximum atomic E-state index is 13.4. The van der Waals surface area contributed by atoms with Gasteiger partial charge in [0.05, 0.1) is 12.8 Å². The summed E-state index contributed by atoms with van der Waals surface area (Å²) in [5, 5.41) is 3.34. The lowest BCUT2D eigenvalue weighted by Crippen LogP contribution is -2.16. The second-order valence-electron chi connectivity index (χ2n) is 4.89. The van der Waals surface area contributed by atoms with Crippen molar-refractivity contribution in [3.63, 3.8) is 0 Å². The van der Waals surface area contributed by atoms with Gasteiger partial charge in [0.15, 0.2) is 11.6 Å². The molecule has 20 heavy (non-hydrogen) atoms. The fourth-order valence-corrected chi connectivity index (χ4v) is 1.92. The lowest BCUT2D eigenvalue weighted by molar-refractivity contribution is 0.285. The molecule has 1 heterocycles. The molecule has 1 aromatic carbocycles. The van der Waals surface area contributed by atoms with Crippen molar-refractivity contribution in [1.82, 2.24) is 5.32 Å². The summed E-state index contributed by atoms with van der Waals surface area (Å²) in [5.41, 5.74) is 0.863. The summed E-state index contributed by atoms with van der Waals surface area (Å²) >= 11 is 0. The van der Waals surface area contributed by atoms with Crippen molar-refractivity contribution in [3.05, 3.63) is 53.5 Å². The molecule has 0 unspecified atom stereocenters. The molecule has 0 radical (unpaired) electrons. The molecule has 0 amide bonds. The molecule has 0 aliphatic heterocycles. The minimum atomic E-state index is -0.703. The van der Waals surface area contributed by atoms with Gasteiger partial charge < -0.3 is 14.5 Å². The summed E-state index contributed by atoms with van der Waals surface area (Å²) in [5.74, 6) is -0.494. The van der Waals surface area contributed by atoms with Crippen LogP contribution in [-0.4, -0.2) is 6.04 Å². The number of hydrogen-bond acceptors (Lipinski definition) is 3. The zero-order chi connectivity index (χ0) is 13.9. The van der Waals surface area contributed by atoms with Gasteiger partial charge in [-0.3, -0.25) is 0 Å². The molecule has 106 valence electrons. The van der Waals surface area contributed by atoms with Crippen LogP contribution in [0.4, 0.5) is 8.78 Å². The monoisotopic (exact) mass is 279 g/mol. The third-order valence-electron chi connectivity index (χ3n) is 3.24. The van der Waals surface area contributed by atoms with Crippen LogP contribution in [0.3, 0.4) is 0 Å². The molecule has 1 aliphatic carbocycles. The van der Waals surface area contributed by atoms with Gasteiger partial charge in [0, 0.05) is 17.7 Å². The Morgan fingerprint density at radius 3 is 2.85 bits per heavy atom. The maximum Gasteiger partial charge on any atom is 0.167 e. The Bertz CT molecular complexity index is 593. The van der Waals surface area contributed by atoms with E-state index in [4.69, 9.17) is 9.15 Å². The number of ether oxygens (including phenoxy) is 1. The first kappa shape index (κ1) is 13.1. The van der Waals surface area contributed by atoms with Crippen molar-refractivity contribution < 1.29 is 17.9 Å². The van der Waals surface area contributed by atoms with Gasteiger partial charge >= 0.3 is 0 Å². The number of hydrogen-bond donors (Lipinski definition) is 1. The molecule has 3 rings (SSSR count). The maximum absolute atomic E-state index is 13.4. The molecule has 3 nitrogen and oxygen atoms in total. The highest BCUT2D eigenvalue weighted by Crippen LogP contribution is 2.22. The molecule has 0 bridgehead atoms. The van der Waals surface area contributed by atoms with Crippen molar-refractivity contribution >= 4 is 0 Å². The molecule has 1 aliphatic rings. The minimum absolute atomic E-state index is 0.0358. The molecule has 5 heteroatoms. The fourth-order valence-electron chi connectivity index (χ4n) is 1.92. The first-order valence-electron chi connectivity index (χ1n) is 6.59. The van der Waals surface area contributed by atoms with Crippen molar-refractivity contribution in [2.75, 3.05) is 0 Å². The Hall–Kier alpha value is -1.88. The summed E-state index contributed by atoms with van der Waals surface area (Å²) in [6, 6.07) is 5.64. The van der Waals surface area contributed by atoms with E-state index in [1.807, 2.05) is 0 Å². The van der Waals surface area contributed by atoms with Crippen molar-refractivity contribution in [1.29, 1.82) is 0 Å². The second-order valence-corrected chi connectivity index (χ2v) is 4.89. The molecule has 1 saturated carbocycles. The molecular formula is C15H15F2NO2. The van der Waals surface area contributed by atoms with E-state index in [2.05, 4.69) is 5.32 Å². The lowest BCUT2D eigenvalue weighted by Gasteiger charge is -2.08. The van der Waals surface area contributed by atoms with E-state index in [1.165, 1.54) is 25.0 Å². The Morgan fingerprint density at radius 2 is 2.10 bits per heavy atom. The highest BCUT2D eigenvalue weighted by molar-refractivity contribution is 5.25. The number of halogens is 2. The molecule has 0 saturated heterocycles. The Balaban J connectivity index is 1.61. The lowest BCUT2D eigenvalue weighted by atomic mass is 10.2. The van der Waals surface area contributed by atoms with E-state index < -0.39 is 11.6 Å². The van der Waals surface area contributed by atoms with Crippen LogP contribution in [0.2, 0.25) is 0 Å². The summed E-state index contributed by atoms with van der Waals surface area (Å²) in [7, 11) is 0. The highest BCUT2D eigenvalue weighted by Gasteiger charge is 2.21. The van der Waals surface area contributed by atoms with E-state index in [-0.39, 0.29) is 12.4 Å². The Morgan fingerprint density at radius 1 is 1.25 bits per heavy atom. The average molecular weight is 279 g/mol. The van der Waals surface area contributed by atoms with Crippen LogP contribution in [0.25, 0.3) is 0 Å². The van der Waals surface area contributed by atoms with Crippen LogP contribution in [0.15, 0.2) is 34.9 Å². The van der Waals surface area contributed by atoms with E-state index in [9.17, 15) is 8.78 Å². The normalized spacial score (nSPS) is 14.5. The van der Waals surface area contributed by atoms with Gasteiger partial charge in [-0.05, 0) is 31.0 Å². The average Bonchev–Trinajstić information content (AvgIpc) is 3.14. The van der Waals surface area contributed by atoms with Crippen molar-refractivity contribution in [3.8, 4) is 5.75 Å². The van der Waals surface area contributed by atoms with Gasteiger partial charge in [-0.2, -0.15) is 0 Å². The van der Waals surface area contributed by atoms with E-state index >= 15 is 0 Å². The zero-order valence-corrected chi connectivity index (χ0v) is 10.9. The van der Waals surface area contributed by atoms with Crippen LogP contribution in [-0.2, 0) is 13.2 Å². The van der Waals surface area contributed by atoms with Crippen molar-refractivity contribution in [2.24, 2.45) is 0 Å². The van der Waals surface area contributed by atoms with Gasteiger partial charge in [0.1, 0.15) is 18.2 Å². The topological polar surface area (TPSA) is 34.4 Å². The van der Waals surface area contributed by atoms with Crippen LogP contribution in [0.5, 0.6) is 5.75 Å². The number of furan rings is 1. The van der Waals surface area contributed by atoms with Gasteiger partial charge in [-0.1, -0.05) is 0 Å². The first-order chi connectivity index (χ1) is 9.72. The molecule has 1 fully saturated rings. The number of rotatable bonds is 6. The second kappa shape index (κ2) is 5.63. The van der Waals surface area contributed by atoms with E-state index in [0.29, 0.717) is 12.6 Å². The largest absolute Gasteiger partial charge is 0.486 e. The fraction of sp³-hybridized carbons (Fsp3) is 0.333. The summed E-state index contributed by atoms with van der Waals surface area (Å²) in [6.07, 6.45) is 3.99. The zero-order valence-electron chi connectivity index (χ0n) is 10.9. The summed E-state index contributed by atoms with van der Waals surface area (Å²) in [4.78, 5) is 0. The van der Waals surface area contributed by atoms with E-state index in [0.717, 1.165) is 17.4 Å². The molecule has 0 spiro atoms. The third-order valence-corrected chi connectivity index (χ3v) is 3.24. The minimum Gasteiger partial charge on any atom is -0.486 e. The number of benzene rings is 1. The summed E-state index contributed by atoms with van der Waals surface area (Å²) < 4.78 is 37.0. The Labute approximate surface area is 115 Å². The Kier molecular flexibility index (Phi) is 3.69. The van der Waals surface area contributed by atoms with Crippen LogP contribution in [0, 0.1) is 11.6 Å². The predicted molar refractivity (Wildman–Crippen MR) is 69.3 cm³/mol. The SMILES string of the molecule is Fc1ccc(OCc2ccoc2CNC2CC2)c(F)c1. The molecule has 0 atom stereocenters. The van der Waals surface area contributed by atoms with Crippen LogP contribution in [0.1, 0.15) is 24.2 Å². The highest BCUT2D eigenvalue weighted by atomic mass is 19.1. The summed E-state index contributed by atoms with van der Waals surface area (Å²) in [6.45, 7) is 0.836. The van der Waals surface area contributed by atoms with Crippen molar-refractivity contribution in [2.45, 2.75) is 32.0 Å². The molecule has 1 N–H and O–H groups in total. The molecular weight excluding hydrogens is 264 g/mol. The smallest absolute Gasteiger partial charge is 0.167 e. The quantitative estimate of drug-likeness (QED) is 0.880. The molecule has 2 aromatic rings. The van der Waals surface area contributed by atoms with Gasteiger partial charge in [0.2, 0.25) is 0 Å². The standard InChI is InChI=1S/C15H15F2NO2/c16-11-1-4-14(13(17)7-11)20-9-10-5-6-19-15(10)8-18-12-2-3-12/h1,4-7,12,18H,2-3,8-9H2. The van der Waals surface area contributed by atoms with Crippen LogP contribution < -0.4 is 10.1 Å². The van der Waals surface area contributed by atoms with Gasteiger partial charge in [0.25, 0.3) is 0 Å². The molecule has 1 aromatic heterocycles. The predicted octanol–water partition coefficient (Wildman–Crippen LogP) is 3.39. The van der Waals surface area contributed by atoms with Crippen LogP contribution >= 0.6 is 0 Å². The van der Waals surface area contributed by atoms with Gasteiger partial charge in [-0.15, -0.1) is 0 Å².